The van der Waals surface area contributed by atoms with Crippen LogP contribution in [0.15, 0.2) is 11.2 Å². The van der Waals surface area contributed by atoms with Crippen LogP contribution in [0.5, 0.6) is 0 Å². The Morgan fingerprint density at radius 3 is 2.84 bits per heavy atom. The molecule has 0 aliphatic heterocycles. The zero-order valence-electron chi connectivity index (χ0n) is 11.3. The summed E-state index contributed by atoms with van der Waals surface area (Å²) in [7, 11) is -3.49. The molecule has 0 saturated heterocycles. The van der Waals surface area contributed by atoms with Gasteiger partial charge in [0, 0.05) is 24.1 Å². The van der Waals surface area contributed by atoms with Crippen molar-refractivity contribution in [3.05, 3.63) is 12.0 Å². The van der Waals surface area contributed by atoms with Gasteiger partial charge in [-0.15, -0.1) is 0 Å². The van der Waals surface area contributed by atoms with Gasteiger partial charge < -0.3 is 4.57 Å². The first-order valence-electron chi connectivity index (χ1n) is 6.61. The second-order valence-electron chi connectivity index (χ2n) is 5.03. The van der Waals surface area contributed by atoms with Crippen LogP contribution in [0, 0.1) is 12.8 Å². The van der Waals surface area contributed by atoms with Crippen LogP contribution in [0.25, 0.3) is 0 Å². The van der Waals surface area contributed by atoms with Gasteiger partial charge in [0.25, 0.3) is 10.0 Å². The van der Waals surface area contributed by atoms with Crippen LogP contribution in [0.1, 0.15) is 32.0 Å². The highest BCUT2D eigenvalue weighted by molar-refractivity contribution is 9.09. The molecule has 1 saturated carbocycles. The number of nitrogens with zero attached hydrogens (tertiary/aromatic N) is 2. The molecule has 0 aromatic carbocycles. The highest BCUT2D eigenvalue weighted by Gasteiger charge is 2.30. The lowest BCUT2D eigenvalue weighted by atomic mass is 10.3. The molecule has 0 bridgehead atoms. The second kappa shape index (κ2) is 5.93. The van der Waals surface area contributed by atoms with Gasteiger partial charge in [-0.25, -0.2) is 18.1 Å². The van der Waals surface area contributed by atoms with E-state index in [0.717, 1.165) is 18.8 Å². The molecule has 108 valence electrons. The van der Waals surface area contributed by atoms with Gasteiger partial charge in [-0.05, 0) is 32.1 Å². The van der Waals surface area contributed by atoms with Crippen molar-refractivity contribution in [2.45, 2.75) is 49.5 Å². The van der Waals surface area contributed by atoms with Gasteiger partial charge >= 0.3 is 0 Å². The zero-order chi connectivity index (χ0) is 14.0. The minimum absolute atomic E-state index is 0.119. The predicted octanol–water partition coefficient (Wildman–Crippen LogP) is 2.05. The first kappa shape index (κ1) is 15.0. The number of hydrogen-bond donors (Lipinski definition) is 1. The van der Waals surface area contributed by atoms with Crippen LogP contribution in [0.3, 0.4) is 0 Å². The van der Waals surface area contributed by atoms with Gasteiger partial charge in [0.1, 0.15) is 5.82 Å². The number of nitrogens with one attached hydrogen (secondary N) is 1. The minimum Gasteiger partial charge on any atom is -0.334 e. The highest BCUT2D eigenvalue weighted by Crippen LogP contribution is 2.36. The van der Waals surface area contributed by atoms with Crippen LogP contribution < -0.4 is 4.72 Å². The van der Waals surface area contributed by atoms with Crippen LogP contribution in [-0.4, -0.2) is 29.3 Å². The first-order chi connectivity index (χ1) is 8.94. The van der Waals surface area contributed by atoms with Crippen molar-refractivity contribution in [1.82, 2.24) is 14.3 Å². The van der Waals surface area contributed by atoms with Gasteiger partial charge in [-0.1, -0.05) is 22.9 Å². The van der Waals surface area contributed by atoms with E-state index in [-0.39, 0.29) is 9.85 Å². The Labute approximate surface area is 123 Å². The summed E-state index contributed by atoms with van der Waals surface area (Å²) in [5.41, 5.74) is 0. The van der Waals surface area contributed by atoms with E-state index in [1.54, 1.807) is 6.20 Å². The second-order valence-corrected chi connectivity index (χ2v) is 7.92. The van der Waals surface area contributed by atoms with Crippen molar-refractivity contribution in [2.24, 2.45) is 5.92 Å². The van der Waals surface area contributed by atoms with Gasteiger partial charge in [-0.2, -0.15) is 0 Å². The fourth-order valence-corrected chi connectivity index (χ4v) is 3.93. The molecule has 1 atom stereocenters. The lowest BCUT2D eigenvalue weighted by Gasteiger charge is -2.09. The average Bonchev–Trinajstić information content (AvgIpc) is 3.13. The largest absolute Gasteiger partial charge is 0.334 e. The van der Waals surface area contributed by atoms with E-state index in [9.17, 15) is 8.42 Å². The quantitative estimate of drug-likeness (QED) is 0.766. The molecule has 2 rings (SSSR count). The Hall–Kier alpha value is -0.400. The molecule has 0 radical (unpaired) electrons. The van der Waals surface area contributed by atoms with Crippen molar-refractivity contribution in [3.63, 3.8) is 0 Å². The Kier molecular flexibility index (Phi) is 4.68. The maximum absolute atomic E-state index is 12.1. The van der Waals surface area contributed by atoms with E-state index >= 15 is 0 Å². The van der Waals surface area contributed by atoms with Crippen LogP contribution in [0.2, 0.25) is 0 Å². The maximum Gasteiger partial charge on any atom is 0.259 e. The molecular weight excluding hydrogens is 330 g/mol. The fraction of sp³-hybridized carbons (Fsp3) is 0.750. The molecular formula is C12H20BrN3O2S. The molecule has 1 aromatic heterocycles. The molecule has 1 fully saturated rings. The molecule has 1 aliphatic rings. The Morgan fingerprint density at radius 1 is 1.58 bits per heavy atom. The third-order valence-corrected chi connectivity index (χ3v) is 5.66. The summed E-state index contributed by atoms with van der Waals surface area (Å²) >= 11 is 3.52. The van der Waals surface area contributed by atoms with Crippen LogP contribution in [-0.2, 0) is 16.6 Å². The average molecular weight is 350 g/mol. The van der Waals surface area contributed by atoms with E-state index in [1.807, 2.05) is 11.5 Å². The molecule has 1 unspecified atom stereocenters. The van der Waals surface area contributed by atoms with Gasteiger partial charge in [-0.3, -0.25) is 0 Å². The molecule has 0 spiro atoms. The molecule has 7 heteroatoms. The summed E-state index contributed by atoms with van der Waals surface area (Å²) in [5.74, 6) is 1.35. The topological polar surface area (TPSA) is 64.0 Å². The molecule has 1 heterocycles. The standard InChI is InChI=1S/C12H20BrN3O2S/c1-3-6-16-8-12(15-9(16)2)19(17,18)14-7-11(13)10-4-5-10/h8,10-11,14H,3-7H2,1-2H3. The SMILES string of the molecule is CCCn1cc(S(=O)(=O)NCC(Br)C2CC2)nc1C. The highest BCUT2D eigenvalue weighted by atomic mass is 79.9. The van der Waals surface area contributed by atoms with Gasteiger partial charge in [0.05, 0.1) is 0 Å². The third kappa shape index (κ3) is 3.79. The van der Waals surface area contributed by atoms with E-state index < -0.39 is 10.0 Å². The number of halogens is 1. The molecule has 5 nitrogen and oxygen atoms in total. The smallest absolute Gasteiger partial charge is 0.259 e. The number of aryl methyl sites for hydroxylation is 2. The first-order valence-corrected chi connectivity index (χ1v) is 9.01. The molecule has 1 aromatic rings. The summed E-state index contributed by atoms with van der Waals surface area (Å²) in [5, 5.41) is 0.119. The number of aromatic nitrogens is 2. The molecule has 1 aliphatic carbocycles. The van der Waals surface area contributed by atoms with Crippen molar-refractivity contribution >= 4 is 26.0 Å². The Balaban J connectivity index is 2.03. The Morgan fingerprint density at radius 2 is 2.26 bits per heavy atom. The number of rotatable bonds is 7. The number of hydrogen-bond acceptors (Lipinski definition) is 3. The number of sulfonamides is 1. The normalized spacial score (nSPS) is 17.6. The van der Waals surface area contributed by atoms with Crippen molar-refractivity contribution in [2.75, 3.05) is 6.54 Å². The summed E-state index contributed by atoms with van der Waals surface area (Å²) in [6, 6.07) is 0. The van der Waals surface area contributed by atoms with E-state index in [2.05, 4.69) is 32.6 Å². The van der Waals surface area contributed by atoms with Crippen LogP contribution in [0.4, 0.5) is 0 Å². The van der Waals surface area contributed by atoms with E-state index in [0.29, 0.717) is 12.5 Å². The van der Waals surface area contributed by atoms with Crippen molar-refractivity contribution < 1.29 is 8.42 Å². The third-order valence-electron chi connectivity index (χ3n) is 3.30. The van der Waals surface area contributed by atoms with Gasteiger partial charge in [0.2, 0.25) is 0 Å². The zero-order valence-corrected chi connectivity index (χ0v) is 13.7. The number of alkyl halides is 1. The molecule has 19 heavy (non-hydrogen) atoms. The maximum atomic E-state index is 12.1. The van der Waals surface area contributed by atoms with Crippen LogP contribution >= 0.6 is 15.9 Å². The minimum atomic E-state index is -3.49. The van der Waals surface area contributed by atoms with E-state index in [4.69, 9.17) is 0 Å². The number of imidazole rings is 1. The lowest BCUT2D eigenvalue weighted by Crippen LogP contribution is -2.30. The summed E-state index contributed by atoms with van der Waals surface area (Å²) in [6.45, 7) is 5.09. The summed E-state index contributed by atoms with van der Waals surface area (Å²) in [4.78, 5) is 4.36. The monoisotopic (exact) mass is 349 g/mol. The molecule has 1 N–H and O–H groups in total. The van der Waals surface area contributed by atoms with Crippen molar-refractivity contribution in [1.29, 1.82) is 0 Å². The fourth-order valence-electron chi connectivity index (χ4n) is 1.96. The molecule has 0 amide bonds. The lowest BCUT2D eigenvalue weighted by molar-refractivity contribution is 0.574. The summed E-state index contributed by atoms with van der Waals surface area (Å²) in [6.07, 6.45) is 4.93. The van der Waals surface area contributed by atoms with Gasteiger partial charge in [0.15, 0.2) is 5.03 Å². The van der Waals surface area contributed by atoms with Crippen molar-refractivity contribution in [3.8, 4) is 0 Å². The predicted molar refractivity (Wildman–Crippen MR) is 77.9 cm³/mol. The Bertz CT molecular complexity index is 537. The van der Waals surface area contributed by atoms with E-state index in [1.165, 1.54) is 12.8 Å². The summed E-state index contributed by atoms with van der Waals surface area (Å²) < 4.78 is 28.8.